The number of fused-ring (bicyclic) bond motifs is 4. The molecular formula is C25H19N2O+. The minimum absolute atomic E-state index is 0.699. The van der Waals surface area contributed by atoms with Crippen LogP contribution in [0.4, 0.5) is 0 Å². The van der Waals surface area contributed by atoms with E-state index in [-0.39, 0.29) is 0 Å². The van der Waals surface area contributed by atoms with Crippen molar-refractivity contribution in [3.63, 3.8) is 0 Å². The maximum Gasteiger partial charge on any atom is 0.216 e. The summed E-state index contributed by atoms with van der Waals surface area (Å²) in [6.45, 7) is 4.10. The molecular weight excluding hydrogens is 344 g/mol. The number of aromatic nitrogens is 1. The van der Waals surface area contributed by atoms with Crippen LogP contribution >= 0.6 is 0 Å². The third-order valence-corrected chi connectivity index (χ3v) is 5.83. The van der Waals surface area contributed by atoms with E-state index in [2.05, 4.69) is 61.0 Å². The first-order valence-electron chi connectivity index (χ1n) is 9.34. The van der Waals surface area contributed by atoms with Crippen molar-refractivity contribution in [2.24, 2.45) is 7.05 Å². The second-order valence-electron chi connectivity index (χ2n) is 7.25. The summed E-state index contributed by atoms with van der Waals surface area (Å²) >= 11 is 0. The smallest absolute Gasteiger partial charge is 0.216 e. The highest BCUT2D eigenvalue weighted by Crippen LogP contribution is 2.41. The molecule has 0 aliphatic heterocycles. The average molecular weight is 363 g/mol. The van der Waals surface area contributed by atoms with Gasteiger partial charge in [0.1, 0.15) is 18.7 Å². The van der Waals surface area contributed by atoms with E-state index in [1.807, 2.05) is 31.2 Å². The predicted molar refractivity (Wildman–Crippen MR) is 112 cm³/mol. The molecule has 0 bridgehead atoms. The van der Waals surface area contributed by atoms with Gasteiger partial charge < -0.3 is 4.42 Å². The molecule has 0 amide bonds. The van der Waals surface area contributed by atoms with Crippen molar-refractivity contribution in [3.8, 4) is 17.3 Å². The van der Waals surface area contributed by atoms with E-state index in [0.717, 1.165) is 49.8 Å². The second-order valence-corrected chi connectivity index (χ2v) is 7.25. The number of rotatable bonds is 1. The number of aryl methyl sites for hydroxylation is 1. The lowest BCUT2D eigenvalue weighted by Crippen LogP contribution is -2.32. The number of pyridine rings is 1. The Hall–Kier alpha value is -3.64. The van der Waals surface area contributed by atoms with Crippen molar-refractivity contribution in [3.05, 3.63) is 77.4 Å². The van der Waals surface area contributed by atoms with E-state index in [4.69, 9.17) is 4.42 Å². The summed E-state index contributed by atoms with van der Waals surface area (Å²) in [5, 5.41) is 13.0. The minimum Gasteiger partial charge on any atom is -0.455 e. The molecule has 3 nitrogen and oxygen atoms in total. The molecule has 3 heteroatoms. The Morgan fingerprint density at radius 1 is 0.893 bits per heavy atom. The molecule has 0 N–H and O–H groups in total. The zero-order valence-electron chi connectivity index (χ0n) is 16.1. The van der Waals surface area contributed by atoms with Crippen LogP contribution in [0.15, 0.2) is 65.1 Å². The number of nitrogens with zero attached hydrogens (tertiary/aromatic N) is 2. The maximum atomic E-state index is 9.88. The fraction of sp³-hybridized carbons (Fsp3) is 0.120. The van der Waals surface area contributed by atoms with Crippen LogP contribution in [0.25, 0.3) is 44.1 Å². The number of hydrogen-bond acceptors (Lipinski definition) is 2. The highest BCUT2D eigenvalue weighted by molar-refractivity contribution is 6.13. The molecule has 0 radical (unpaired) electrons. The van der Waals surface area contributed by atoms with Gasteiger partial charge >= 0.3 is 0 Å². The summed E-state index contributed by atoms with van der Waals surface area (Å²) < 4.78 is 8.52. The van der Waals surface area contributed by atoms with Crippen LogP contribution in [0, 0.1) is 25.2 Å². The van der Waals surface area contributed by atoms with Gasteiger partial charge in [-0.2, -0.15) is 9.83 Å². The van der Waals surface area contributed by atoms with Crippen molar-refractivity contribution in [1.82, 2.24) is 0 Å². The van der Waals surface area contributed by atoms with Crippen LogP contribution in [-0.2, 0) is 7.05 Å². The highest BCUT2D eigenvalue weighted by atomic mass is 16.3. The lowest BCUT2D eigenvalue weighted by molar-refractivity contribution is -0.633. The monoisotopic (exact) mass is 363 g/mol. The van der Waals surface area contributed by atoms with Gasteiger partial charge in [0.05, 0.1) is 11.1 Å². The van der Waals surface area contributed by atoms with Crippen LogP contribution in [-0.4, -0.2) is 0 Å². The topological polar surface area (TPSA) is 40.8 Å². The van der Waals surface area contributed by atoms with Crippen LogP contribution < -0.4 is 4.57 Å². The molecule has 0 aliphatic rings. The van der Waals surface area contributed by atoms with Crippen molar-refractivity contribution in [1.29, 1.82) is 5.26 Å². The molecule has 0 atom stereocenters. The summed E-state index contributed by atoms with van der Waals surface area (Å²) in [5.41, 5.74) is 7.66. The molecule has 2 aromatic heterocycles. The lowest BCUT2D eigenvalue weighted by Gasteiger charge is -2.11. The van der Waals surface area contributed by atoms with Gasteiger partial charge in [-0.3, -0.25) is 0 Å². The quantitative estimate of drug-likeness (QED) is 0.357. The SMILES string of the molecule is Cc1c(C)c(C#N)c2c(oc3ccccc32)c1-c1ccc2ccccc2[n+]1C. The van der Waals surface area contributed by atoms with E-state index in [1.165, 1.54) is 5.39 Å². The van der Waals surface area contributed by atoms with Gasteiger partial charge in [0.15, 0.2) is 5.58 Å². The van der Waals surface area contributed by atoms with E-state index in [9.17, 15) is 5.26 Å². The molecule has 0 saturated carbocycles. The third-order valence-electron chi connectivity index (χ3n) is 5.83. The van der Waals surface area contributed by atoms with Crippen molar-refractivity contribution in [2.75, 3.05) is 0 Å². The zero-order chi connectivity index (χ0) is 19.4. The summed E-state index contributed by atoms with van der Waals surface area (Å²) in [6.07, 6.45) is 0. The first-order valence-corrected chi connectivity index (χ1v) is 9.34. The average Bonchev–Trinajstić information content (AvgIpc) is 3.09. The van der Waals surface area contributed by atoms with Gasteiger partial charge in [0, 0.05) is 28.3 Å². The largest absolute Gasteiger partial charge is 0.455 e. The van der Waals surface area contributed by atoms with Crippen molar-refractivity contribution >= 4 is 32.8 Å². The number of furan rings is 1. The number of benzene rings is 3. The van der Waals surface area contributed by atoms with Crippen LogP contribution in [0.1, 0.15) is 16.7 Å². The van der Waals surface area contributed by atoms with E-state index in [0.29, 0.717) is 5.56 Å². The normalized spacial score (nSPS) is 11.4. The van der Waals surface area contributed by atoms with E-state index in [1.54, 1.807) is 0 Å². The molecule has 0 saturated heterocycles. The molecule has 5 rings (SSSR count). The minimum atomic E-state index is 0.699. The number of para-hydroxylation sites is 2. The molecule has 2 heterocycles. The van der Waals surface area contributed by atoms with Crippen LogP contribution in [0.2, 0.25) is 0 Å². The third kappa shape index (κ3) is 2.12. The van der Waals surface area contributed by atoms with Crippen LogP contribution in [0.3, 0.4) is 0 Å². The Bertz CT molecular complexity index is 1450. The summed E-state index contributed by atoms with van der Waals surface area (Å²) in [5.74, 6) is 0. The molecule has 0 fully saturated rings. The molecule has 0 spiro atoms. The number of nitriles is 1. The van der Waals surface area contributed by atoms with Gasteiger partial charge in [0.25, 0.3) is 0 Å². The maximum absolute atomic E-state index is 9.88. The van der Waals surface area contributed by atoms with Crippen molar-refractivity contribution < 1.29 is 8.98 Å². The van der Waals surface area contributed by atoms with E-state index >= 15 is 0 Å². The van der Waals surface area contributed by atoms with Gasteiger partial charge in [-0.15, -0.1) is 0 Å². The summed E-state index contributed by atoms with van der Waals surface area (Å²) in [4.78, 5) is 0. The molecule has 0 unspecified atom stereocenters. The Balaban J connectivity index is 2.00. The van der Waals surface area contributed by atoms with Gasteiger partial charge in [-0.1, -0.05) is 30.3 Å². The first-order chi connectivity index (χ1) is 13.6. The fourth-order valence-electron chi connectivity index (χ4n) is 4.25. The molecule has 28 heavy (non-hydrogen) atoms. The zero-order valence-corrected chi connectivity index (χ0v) is 16.1. The lowest BCUT2D eigenvalue weighted by atomic mass is 9.91. The van der Waals surface area contributed by atoms with Gasteiger partial charge in [-0.25, -0.2) is 0 Å². The Kier molecular flexibility index (Phi) is 3.50. The Labute approximate surface area is 163 Å². The standard InChI is InChI=1S/C25H19N2O/c1-15-16(2)23(21-13-12-17-8-4-6-10-20(17)27(21)3)25-24(19(15)14-26)18-9-5-7-11-22(18)28-25/h4-13H,1-3H3/q+1. The molecule has 3 aromatic carbocycles. The van der Waals surface area contributed by atoms with Crippen molar-refractivity contribution in [2.45, 2.75) is 13.8 Å². The molecule has 0 aliphatic carbocycles. The Morgan fingerprint density at radius 3 is 2.46 bits per heavy atom. The second kappa shape index (κ2) is 5.94. The van der Waals surface area contributed by atoms with E-state index < -0.39 is 0 Å². The first kappa shape index (κ1) is 16.5. The highest BCUT2D eigenvalue weighted by Gasteiger charge is 2.26. The van der Waals surface area contributed by atoms with Gasteiger partial charge in [-0.05, 0) is 43.2 Å². The number of hydrogen-bond donors (Lipinski definition) is 0. The fourth-order valence-corrected chi connectivity index (χ4v) is 4.25. The predicted octanol–water partition coefficient (Wildman–Crippen LogP) is 5.72. The Morgan fingerprint density at radius 2 is 1.64 bits per heavy atom. The molecule has 5 aromatic rings. The van der Waals surface area contributed by atoms with Crippen LogP contribution in [0.5, 0.6) is 0 Å². The summed E-state index contributed by atoms with van der Waals surface area (Å²) in [6, 6.07) is 23.0. The summed E-state index contributed by atoms with van der Waals surface area (Å²) in [7, 11) is 2.08. The molecule has 134 valence electrons. The van der Waals surface area contributed by atoms with Gasteiger partial charge in [0.2, 0.25) is 11.2 Å².